The minimum atomic E-state index is -0.537. The number of amides is 2. The number of aromatic nitrogens is 1. The van der Waals surface area contributed by atoms with Crippen molar-refractivity contribution in [2.24, 2.45) is 5.41 Å². The molecule has 0 radical (unpaired) electrons. The number of carbonyl (C=O) groups is 2. The van der Waals surface area contributed by atoms with Gasteiger partial charge in [-0.1, -0.05) is 13.8 Å². The Labute approximate surface area is 130 Å². The van der Waals surface area contributed by atoms with Gasteiger partial charge in [0.2, 0.25) is 5.91 Å². The van der Waals surface area contributed by atoms with Crippen molar-refractivity contribution in [1.82, 2.24) is 19.8 Å². The Bertz CT molecular complexity index is 577. The summed E-state index contributed by atoms with van der Waals surface area (Å²) in [4.78, 5) is 27.7. The summed E-state index contributed by atoms with van der Waals surface area (Å²) < 4.78 is 1.99. The van der Waals surface area contributed by atoms with Gasteiger partial charge < -0.3 is 14.4 Å². The first-order valence-corrected chi connectivity index (χ1v) is 7.28. The Morgan fingerprint density at radius 1 is 1.36 bits per heavy atom. The molecule has 1 aliphatic rings. The van der Waals surface area contributed by atoms with Crippen LogP contribution in [0.3, 0.4) is 0 Å². The average Bonchev–Trinajstić information content (AvgIpc) is 2.72. The van der Waals surface area contributed by atoms with Crippen LogP contribution in [0, 0.1) is 5.41 Å². The van der Waals surface area contributed by atoms with Crippen LogP contribution in [-0.4, -0.2) is 58.6 Å². The van der Waals surface area contributed by atoms with Gasteiger partial charge in [0.05, 0.1) is 18.7 Å². The highest BCUT2D eigenvalue weighted by Crippen LogP contribution is 2.27. The van der Waals surface area contributed by atoms with E-state index in [9.17, 15) is 9.59 Å². The monoisotopic (exact) mass is 308 g/mol. The third kappa shape index (κ3) is 3.66. The van der Waals surface area contributed by atoms with Gasteiger partial charge in [-0.05, 0) is 20.2 Å². The molecule has 1 aromatic rings. The van der Waals surface area contributed by atoms with E-state index in [0.717, 1.165) is 5.69 Å². The highest BCUT2D eigenvalue weighted by molar-refractivity contribution is 5.93. The van der Waals surface area contributed by atoms with Crippen molar-refractivity contribution in [3.63, 3.8) is 0 Å². The fraction of sp³-hybridized carbons (Fsp3) is 0.600. The number of nitrogens with one attached hydrogen (secondary N) is 1. The van der Waals surface area contributed by atoms with Gasteiger partial charge in [0.1, 0.15) is 0 Å². The second kappa shape index (κ2) is 6.10. The lowest BCUT2D eigenvalue weighted by molar-refractivity contribution is -0.133. The fourth-order valence-corrected chi connectivity index (χ4v) is 2.85. The van der Waals surface area contributed by atoms with Gasteiger partial charge in [0.15, 0.2) is 0 Å². The van der Waals surface area contributed by atoms with Gasteiger partial charge in [0, 0.05) is 30.4 Å². The van der Waals surface area contributed by atoms with Crippen molar-refractivity contribution in [3.8, 4) is 0 Å². The van der Waals surface area contributed by atoms with Crippen molar-refractivity contribution >= 4 is 11.8 Å². The van der Waals surface area contributed by atoms with E-state index in [1.807, 2.05) is 28.5 Å². The van der Waals surface area contributed by atoms with E-state index in [-0.39, 0.29) is 11.3 Å². The van der Waals surface area contributed by atoms with E-state index in [4.69, 9.17) is 5.21 Å². The molecule has 2 heterocycles. The molecule has 1 aliphatic heterocycles. The Balaban J connectivity index is 2.30. The molecule has 122 valence electrons. The zero-order valence-corrected chi connectivity index (χ0v) is 13.6. The highest BCUT2D eigenvalue weighted by atomic mass is 16.5. The molecule has 7 heteroatoms. The van der Waals surface area contributed by atoms with E-state index in [0.29, 0.717) is 31.7 Å². The first kappa shape index (κ1) is 16.5. The standard InChI is InChI=1S/C15H24N4O3/c1-15(2)9-18-6-11(14(21)16-22)5-12(18)7-19(10-15)13(20)8-17(3)4/h5-6,22H,7-10H2,1-4H3,(H,16,21). The van der Waals surface area contributed by atoms with Gasteiger partial charge in [-0.25, -0.2) is 5.48 Å². The van der Waals surface area contributed by atoms with Gasteiger partial charge in [-0.2, -0.15) is 0 Å². The molecule has 0 saturated heterocycles. The number of hydrogen-bond donors (Lipinski definition) is 2. The summed E-state index contributed by atoms with van der Waals surface area (Å²) in [6.45, 7) is 6.42. The quantitative estimate of drug-likeness (QED) is 0.631. The summed E-state index contributed by atoms with van der Waals surface area (Å²) in [5.41, 5.74) is 2.85. The second-order valence-corrected chi connectivity index (χ2v) is 6.94. The zero-order valence-electron chi connectivity index (χ0n) is 13.6. The maximum atomic E-state index is 12.4. The van der Waals surface area contributed by atoms with Crippen LogP contribution in [0.4, 0.5) is 0 Å². The lowest BCUT2D eigenvalue weighted by Crippen LogP contribution is -2.41. The maximum absolute atomic E-state index is 12.4. The van der Waals surface area contributed by atoms with Crippen LogP contribution in [-0.2, 0) is 17.9 Å². The predicted molar refractivity (Wildman–Crippen MR) is 81.4 cm³/mol. The van der Waals surface area contributed by atoms with E-state index >= 15 is 0 Å². The van der Waals surface area contributed by atoms with Crippen molar-refractivity contribution in [2.75, 3.05) is 27.2 Å². The topological polar surface area (TPSA) is 77.8 Å². The third-order valence-corrected chi connectivity index (χ3v) is 3.72. The first-order valence-electron chi connectivity index (χ1n) is 7.28. The Hall–Kier alpha value is -1.86. The van der Waals surface area contributed by atoms with E-state index in [1.165, 1.54) is 0 Å². The van der Waals surface area contributed by atoms with Gasteiger partial charge in [-0.15, -0.1) is 0 Å². The number of nitrogens with zero attached hydrogens (tertiary/aromatic N) is 3. The van der Waals surface area contributed by atoms with Crippen LogP contribution in [0.5, 0.6) is 0 Å². The van der Waals surface area contributed by atoms with Crippen LogP contribution in [0.25, 0.3) is 0 Å². The van der Waals surface area contributed by atoms with Gasteiger partial charge in [-0.3, -0.25) is 14.8 Å². The molecule has 0 bridgehead atoms. The molecule has 0 spiro atoms. The second-order valence-electron chi connectivity index (χ2n) is 6.94. The number of carbonyl (C=O) groups excluding carboxylic acids is 2. The zero-order chi connectivity index (χ0) is 16.5. The summed E-state index contributed by atoms with van der Waals surface area (Å²) in [6.07, 6.45) is 1.72. The molecule has 0 unspecified atom stereocenters. The largest absolute Gasteiger partial charge is 0.348 e. The maximum Gasteiger partial charge on any atom is 0.276 e. The van der Waals surface area contributed by atoms with Crippen molar-refractivity contribution in [3.05, 3.63) is 23.5 Å². The molecule has 0 aromatic carbocycles. The van der Waals surface area contributed by atoms with Crippen LogP contribution < -0.4 is 5.48 Å². The van der Waals surface area contributed by atoms with E-state index in [1.54, 1.807) is 17.7 Å². The Kier molecular flexibility index (Phi) is 4.58. The molecular formula is C15H24N4O3. The summed E-state index contributed by atoms with van der Waals surface area (Å²) >= 11 is 0. The van der Waals surface area contributed by atoms with Crippen LogP contribution in [0.15, 0.2) is 12.3 Å². The average molecular weight is 308 g/mol. The van der Waals surface area contributed by atoms with Gasteiger partial charge in [0.25, 0.3) is 5.91 Å². The molecule has 1 aromatic heterocycles. The molecule has 2 amide bonds. The molecule has 2 rings (SSSR count). The molecular weight excluding hydrogens is 284 g/mol. The van der Waals surface area contributed by atoms with Crippen molar-refractivity contribution in [1.29, 1.82) is 0 Å². The van der Waals surface area contributed by atoms with E-state index in [2.05, 4.69) is 13.8 Å². The molecule has 0 saturated carbocycles. The molecule has 0 fully saturated rings. The predicted octanol–water partition coefficient (Wildman–Crippen LogP) is 0.537. The summed E-state index contributed by atoms with van der Waals surface area (Å²) in [5, 5.41) is 8.77. The number of likely N-dealkylation sites (N-methyl/N-ethyl adjacent to an activating group) is 1. The van der Waals surface area contributed by atoms with Crippen LogP contribution in [0.2, 0.25) is 0 Å². The van der Waals surface area contributed by atoms with E-state index < -0.39 is 5.91 Å². The van der Waals surface area contributed by atoms with Crippen LogP contribution in [0.1, 0.15) is 29.9 Å². The minimum absolute atomic E-state index is 0.0703. The van der Waals surface area contributed by atoms with Crippen LogP contribution >= 0.6 is 0 Å². The SMILES string of the molecule is CN(C)CC(=O)N1Cc2cc(C(=O)NO)cn2CC(C)(C)C1. The lowest BCUT2D eigenvalue weighted by Gasteiger charge is -2.30. The molecule has 2 N–H and O–H groups in total. The Morgan fingerprint density at radius 2 is 2.05 bits per heavy atom. The van der Waals surface area contributed by atoms with Crippen molar-refractivity contribution < 1.29 is 14.8 Å². The van der Waals surface area contributed by atoms with Gasteiger partial charge >= 0.3 is 0 Å². The highest BCUT2D eigenvalue weighted by Gasteiger charge is 2.31. The van der Waals surface area contributed by atoms with Crippen molar-refractivity contribution in [2.45, 2.75) is 26.9 Å². The minimum Gasteiger partial charge on any atom is -0.348 e. The number of hydroxylamine groups is 1. The molecule has 0 atom stereocenters. The molecule has 22 heavy (non-hydrogen) atoms. The fourth-order valence-electron chi connectivity index (χ4n) is 2.85. The third-order valence-electron chi connectivity index (χ3n) is 3.72. The first-order chi connectivity index (χ1) is 10.2. The normalized spacial score (nSPS) is 17.1. The number of hydrogen-bond acceptors (Lipinski definition) is 4. The lowest BCUT2D eigenvalue weighted by atomic mass is 9.93. The molecule has 7 nitrogen and oxygen atoms in total. The summed E-state index contributed by atoms with van der Waals surface area (Å²) in [6, 6.07) is 1.73. The number of fused-ring (bicyclic) bond motifs is 1. The Morgan fingerprint density at radius 3 is 2.64 bits per heavy atom. The summed E-state index contributed by atoms with van der Waals surface area (Å²) in [7, 11) is 3.74. The summed E-state index contributed by atoms with van der Waals surface area (Å²) in [5.74, 6) is -0.467. The smallest absolute Gasteiger partial charge is 0.276 e. The number of rotatable bonds is 3. The molecule has 0 aliphatic carbocycles.